The Morgan fingerprint density at radius 2 is 1.83 bits per heavy atom. The van der Waals surface area contributed by atoms with Crippen molar-refractivity contribution in [1.29, 1.82) is 0 Å². The summed E-state index contributed by atoms with van der Waals surface area (Å²) in [6, 6.07) is 1.66. The maximum Gasteiger partial charge on any atom is 0.229 e. The van der Waals surface area contributed by atoms with Gasteiger partial charge in [0.15, 0.2) is 0 Å². The first kappa shape index (κ1) is 14.5. The van der Waals surface area contributed by atoms with E-state index in [-0.39, 0.29) is 6.04 Å². The van der Waals surface area contributed by atoms with Gasteiger partial charge in [0.05, 0.1) is 32.9 Å². The van der Waals surface area contributed by atoms with Crippen LogP contribution in [0.2, 0.25) is 0 Å². The maximum atomic E-state index is 5.54. The van der Waals surface area contributed by atoms with Gasteiger partial charge < -0.3 is 25.3 Å². The molecular weight excluding hydrogens is 236 g/mol. The molecule has 1 heterocycles. The van der Waals surface area contributed by atoms with E-state index in [0.29, 0.717) is 30.9 Å². The third-order valence-corrected chi connectivity index (χ3v) is 2.31. The predicted molar refractivity (Wildman–Crippen MR) is 68.1 cm³/mol. The molecule has 0 bridgehead atoms. The number of nitrogens with two attached hydrogens (primary N) is 1. The molecule has 102 valence electrons. The van der Waals surface area contributed by atoms with Crippen LogP contribution in [0.4, 0.5) is 5.95 Å². The second-order valence-electron chi connectivity index (χ2n) is 3.65. The van der Waals surface area contributed by atoms with Crippen LogP contribution in [0.1, 0.15) is 6.42 Å². The van der Waals surface area contributed by atoms with Crippen molar-refractivity contribution in [3.05, 3.63) is 6.07 Å². The number of rotatable bonds is 8. The number of methoxy groups -OCH3 is 3. The summed E-state index contributed by atoms with van der Waals surface area (Å²) >= 11 is 0. The Kier molecular flexibility index (Phi) is 6.16. The second-order valence-corrected chi connectivity index (χ2v) is 3.65. The lowest BCUT2D eigenvalue weighted by molar-refractivity contribution is 0.183. The molecule has 1 atom stereocenters. The molecule has 0 fully saturated rings. The zero-order valence-corrected chi connectivity index (χ0v) is 11.0. The Balaban J connectivity index is 2.80. The van der Waals surface area contributed by atoms with Crippen molar-refractivity contribution in [3.63, 3.8) is 0 Å². The zero-order valence-electron chi connectivity index (χ0n) is 11.0. The number of ether oxygens (including phenoxy) is 3. The van der Waals surface area contributed by atoms with Crippen molar-refractivity contribution >= 4 is 5.95 Å². The van der Waals surface area contributed by atoms with E-state index in [9.17, 15) is 0 Å². The molecule has 1 aromatic heterocycles. The van der Waals surface area contributed by atoms with Gasteiger partial charge in [0.25, 0.3) is 0 Å². The van der Waals surface area contributed by atoms with Crippen molar-refractivity contribution in [2.45, 2.75) is 12.5 Å². The Morgan fingerprint density at radius 3 is 2.28 bits per heavy atom. The lowest BCUT2D eigenvalue weighted by atomic mass is 10.2. The van der Waals surface area contributed by atoms with Gasteiger partial charge in [0.1, 0.15) is 0 Å². The van der Waals surface area contributed by atoms with E-state index in [0.717, 1.165) is 6.42 Å². The summed E-state index contributed by atoms with van der Waals surface area (Å²) in [5, 5.41) is 3.14. The fourth-order valence-corrected chi connectivity index (χ4v) is 1.46. The molecule has 7 nitrogen and oxygen atoms in total. The van der Waals surface area contributed by atoms with Gasteiger partial charge in [0, 0.05) is 7.11 Å². The highest BCUT2D eigenvalue weighted by Crippen LogP contribution is 2.18. The molecule has 0 spiro atoms. The van der Waals surface area contributed by atoms with Crippen LogP contribution in [0.15, 0.2) is 6.07 Å². The quantitative estimate of drug-likeness (QED) is 0.689. The van der Waals surface area contributed by atoms with Crippen molar-refractivity contribution in [2.75, 3.05) is 39.8 Å². The third-order valence-electron chi connectivity index (χ3n) is 2.31. The van der Waals surface area contributed by atoms with E-state index in [2.05, 4.69) is 15.3 Å². The van der Waals surface area contributed by atoms with Crippen molar-refractivity contribution in [2.24, 2.45) is 5.73 Å². The molecule has 1 unspecified atom stereocenters. The number of nitrogens with zero attached hydrogens (tertiary/aromatic N) is 2. The third kappa shape index (κ3) is 4.34. The molecule has 0 aliphatic heterocycles. The Labute approximate surface area is 107 Å². The minimum atomic E-state index is 0.0526. The first-order valence-electron chi connectivity index (χ1n) is 5.66. The summed E-state index contributed by atoms with van der Waals surface area (Å²) in [5.41, 5.74) is 5.54. The van der Waals surface area contributed by atoms with Gasteiger partial charge in [-0.15, -0.1) is 0 Å². The van der Waals surface area contributed by atoms with Crippen molar-refractivity contribution in [3.8, 4) is 11.8 Å². The largest absolute Gasteiger partial charge is 0.481 e. The summed E-state index contributed by atoms with van der Waals surface area (Å²) in [7, 11) is 4.72. The molecule has 1 aromatic rings. The molecule has 3 N–H and O–H groups in total. The Bertz CT molecular complexity index is 334. The monoisotopic (exact) mass is 256 g/mol. The maximum absolute atomic E-state index is 5.54. The fraction of sp³-hybridized carbons (Fsp3) is 0.636. The van der Waals surface area contributed by atoms with Crippen LogP contribution in [-0.4, -0.2) is 50.5 Å². The number of nitrogens with one attached hydrogen (secondary N) is 1. The molecule has 0 saturated heterocycles. The van der Waals surface area contributed by atoms with E-state index in [1.54, 1.807) is 13.2 Å². The summed E-state index contributed by atoms with van der Waals surface area (Å²) < 4.78 is 15.2. The van der Waals surface area contributed by atoms with Crippen LogP contribution >= 0.6 is 0 Å². The molecule has 1 rings (SSSR count). The molecular formula is C11H20N4O3. The minimum Gasteiger partial charge on any atom is -0.481 e. The highest BCUT2D eigenvalue weighted by Gasteiger charge is 2.11. The fourth-order valence-electron chi connectivity index (χ4n) is 1.46. The molecule has 0 aliphatic carbocycles. The molecule has 0 saturated carbocycles. The normalized spacial score (nSPS) is 12.0. The highest BCUT2D eigenvalue weighted by atomic mass is 16.5. The highest BCUT2D eigenvalue weighted by molar-refractivity contribution is 5.34. The average molecular weight is 256 g/mol. The first-order chi connectivity index (χ1) is 8.73. The van der Waals surface area contributed by atoms with E-state index in [1.807, 2.05) is 0 Å². The summed E-state index contributed by atoms with van der Waals surface area (Å²) in [4.78, 5) is 8.37. The Hall–Kier alpha value is -1.60. The van der Waals surface area contributed by atoms with Crippen LogP contribution in [0.3, 0.4) is 0 Å². The van der Waals surface area contributed by atoms with Crippen LogP contribution < -0.4 is 20.5 Å². The summed E-state index contributed by atoms with van der Waals surface area (Å²) in [6.07, 6.45) is 0.761. The van der Waals surface area contributed by atoms with Crippen LogP contribution in [-0.2, 0) is 4.74 Å². The number of hydrogen-bond acceptors (Lipinski definition) is 7. The van der Waals surface area contributed by atoms with E-state index < -0.39 is 0 Å². The van der Waals surface area contributed by atoms with Gasteiger partial charge in [-0.25, -0.2) is 0 Å². The predicted octanol–water partition coefficient (Wildman–Crippen LogP) is 0.270. The van der Waals surface area contributed by atoms with Gasteiger partial charge in [-0.1, -0.05) is 0 Å². The van der Waals surface area contributed by atoms with E-state index in [4.69, 9.17) is 19.9 Å². The molecule has 0 amide bonds. The van der Waals surface area contributed by atoms with Gasteiger partial charge in [-0.05, 0) is 13.0 Å². The molecule has 0 aromatic carbocycles. The lowest BCUT2D eigenvalue weighted by Crippen LogP contribution is -2.28. The van der Waals surface area contributed by atoms with Crippen molar-refractivity contribution in [1.82, 2.24) is 9.97 Å². The molecule has 0 aliphatic rings. The Morgan fingerprint density at radius 1 is 1.22 bits per heavy atom. The number of hydrogen-bond donors (Lipinski definition) is 2. The zero-order chi connectivity index (χ0) is 13.4. The van der Waals surface area contributed by atoms with E-state index in [1.165, 1.54) is 14.2 Å². The minimum absolute atomic E-state index is 0.0526. The lowest BCUT2D eigenvalue weighted by Gasteiger charge is -2.17. The van der Waals surface area contributed by atoms with Gasteiger partial charge in [-0.2, -0.15) is 9.97 Å². The van der Waals surface area contributed by atoms with Crippen LogP contribution in [0.25, 0.3) is 0 Å². The number of anilines is 1. The standard InChI is InChI=1S/C11H20N4O3/c1-16-7-8(4-5-12)13-11-14-9(17-2)6-10(15-11)18-3/h6,8H,4-5,7,12H2,1-3H3,(H,13,14,15). The van der Waals surface area contributed by atoms with Crippen molar-refractivity contribution < 1.29 is 14.2 Å². The first-order valence-corrected chi connectivity index (χ1v) is 5.66. The molecule has 7 heteroatoms. The smallest absolute Gasteiger partial charge is 0.229 e. The second kappa shape index (κ2) is 7.67. The summed E-state index contributed by atoms with van der Waals surface area (Å²) in [6.45, 7) is 1.09. The topological polar surface area (TPSA) is 91.5 Å². The van der Waals surface area contributed by atoms with Crippen LogP contribution in [0.5, 0.6) is 11.8 Å². The van der Waals surface area contributed by atoms with Gasteiger partial charge in [0.2, 0.25) is 17.7 Å². The average Bonchev–Trinajstić information content (AvgIpc) is 2.38. The molecule has 18 heavy (non-hydrogen) atoms. The van der Waals surface area contributed by atoms with Gasteiger partial charge in [-0.3, -0.25) is 0 Å². The molecule has 0 radical (unpaired) electrons. The van der Waals surface area contributed by atoms with E-state index >= 15 is 0 Å². The van der Waals surface area contributed by atoms with Crippen LogP contribution in [0, 0.1) is 0 Å². The summed E-state index contributed by atoms with van der Waals surface area (Å²) in [5.74, 6) is 1.31. The number of aromatic nitrogens is 2. The van der Waals surface area contributed by atoms with Gasteiger partial charge >= 0.3 is 0 Å². The SMILES string of the molecule is COCC(CCN)Nc1nc(OC)cc(OC)n1.